The quantitative estimate of drug-likeness (QED) is 0.918. The second-order valence-electron chi connectivity index (χ2n) is 6.31. The van der Waals surface area contributed by atoms with Crippen LogP contribution in [0.5, 0.6) is 5.75 Å². The minimum absolute atomic E-state index is 0.00639. The van der Waals surface area contributed by atoms with E-state index in [4.69, 9.17) is 4.74 Å². The number of urea groups is 1. The molecule has 120 valence electrons. The first-order valence-electron chi connectivity index (χ1n) is 7.92. The van der Waals surface area contributed by atoms with Crippen molar-refractivity contribution in [3.63, 3.8) is 0 Å². The zero-order chi connectivity index (χ0) is 15.7. The summed E-state index contributed by atoms with van der Waals surface area (Å²) >= 11 is 0. The Morgan fingerprint density at radius 2 is 1.95 bits per heavy atom. The van der Waals surface area contributed by atoms with Crippen molar-refractivity contribution in [3.05, 3.63) is 28.2 Å². The summed E-state index contributed by atoms with van der Waals surface area (Å²) in [7, 11) is 1.74. The van der Waals surface area contributed by atoms with E-state index in [1.165, 1.54) is 18.9 Å². The fraction of sp³-hybridized carbons (Fsp3) is 0.625. The lowest BCUT2D eigenvalue weighted by atomic mass is 10.1. The standard InChI is InChI=1S/C16H23N3O3/c1-11-7-13(8-15(20)18(11)2)22-14-9-19(10-14)16(21)17-12-5-3-4-6-12/h7-8,12,14H,3-6,9-10H2,1-2H3,(H,17,21). The predicted octanol–water partition coefficient (Wildman–Crippen LogP) is 1.41. The van der Waals surface area contributed by atoms with Gasteiger partial charge < -0.3 is 19.5 Å². The number of amides is 2. The minimum Gasteiger partial charge on any atom is -0.486 e. The summed E-state index contributed by atoms with van der Waals surface area (Å²) in [6, 6.07) is 3.69. The second kappa shape index (κ2) is 6.02. The van der Waals surface area contributed by atoms with Crippen molar-refractivity contribution in [2.45, 2.75) is 44.8 Å². The second-order valence-corrected chi connectivity index (χ2v) is 6.31. The zero-order valence-electron chi connectivity index (χ0n) is 13.2. The normalized spacial score (nSPS) is 19.1. The zero-order valence-corrected chi connectivity index (χ0v) is 13.2. The molecule has 22 heavy (non-hydrogen) atoms. The van der Waals surface area contributed by atoms with Gasteiger partial charge in [-0.2, -0.15) is 0 Å². The van der Waals surface area contributed by atoms with E-state index in [9.17, 15) is 9.59 Å². The molecule has 0 atom stereocenters. The molecule has 1 saturated carbocycles. The van der Waals surface area contributed by atoms with Gasteiger partial charge in [-0.25, -0.2) is 4.79 Å². The molecule has 0 spiro atoms. The first kappa shape index (κ1) is 14.9. The number of carbonyl (C=O) groups excluding carboxylic acids is 1. The van der Waals surface area contributed by atoms with Crippen LogP contribution in [-0.2, 0) is 7.05 Å². The van der Waals surface area contributed by atoms with Crippen LogP contribution in [0.15, 0.2) is 16.9 Å². The number of ether oxygens (including phenoxy) is 1. The maximum atomic E-state index is 12.0. The average molecular weight is 305 g/mol. The number of hydrogen-bond acceptors (Lipinski definition) is 3. The topological polar surface area (TPSA) is 63.6 Å². The van der Waals surface area contributed by atoms with Crippen LogP contribution in [0, 0.1) is 6.92 Å². The SMILES string of the molecule is Cc1cc(OC2CN(C(=O)NC3CCCC3)C2)cc(=O)n1C. The molecule has 0 bridgehead atoms. The fourth-order valence-electron chi connectivity index (χ4n) is 3.01. The highest BCUT2D eigenvalue weighted by molar-refractivity contribution is 5.75. The number of nitrogens with one attached hydrogen (secondary N) is 1. The largest absolute Gasteiger partial charge is 0.486 e. The van der Waals surface area contributed by atoms with Crippen molar-refractivity contribution in [2.24, 2.45) is 7.05 Å². The van der Waals surface area contributed by atoms with Gasteiger partial charge >= 0.3 is 6.03 Å². The molecule has 2 aliphatic rings. The van der Waals surface area contributed by atoms with E-state index in [2.05, 4.69) is 5.32 Å². The average Bonchev–Trinajstić information content (AvgIpc) is 2.92. The molecule has 0 unspecified atom stereocenters. The molecule has 6 nitrogen and oxygen atoms in total. The number of aromatic nitrogens is 1. The third kappa shape index (κ3) is 3.10. The molecule has 2 fully saturated rings. The molecule has 3 rings (SSSR count). The Balaban J connectivity index is 1.49. The number of rotatable bonds is 3. The molecule has 1 aromatic rings. The van der Waals surface area contributed by atoms with E-state index in [-0.39, 0.29) is 17.7 Å². The summed E-state index contributed by atoms with van der Waals surface area (Å²) in [4.78, 5) is 25.5. The van der Waals surface area contributed by atoms with Crippen LogP contribution >= 0.6 is 0 Å². The Morgan fingerprint density at radius 3 is 2.59 bits per heavy atom. The number of likely N-dealkylation sites (tertiary alicyclic amines) is 1. The van der Waals surface area contributed by atoms with Gasteiger partial charge in [0.15, 0.2) is 0 Å². The lowest BCUT2D eigenvalue weighted by molar-refractivity contribution is 0.0433. The lowest BCUT2D eigenvalue weighted by Crippen LogP contribution is -2.59. The van der Waals surface area contributed by atoms with Crippen LogP contribution in [0.25, 0.3) is 0 Å². The number of pyridine rings is 1. The van der Waals surface area contributed by atoms with E-state index in [1.807, 2.05) is 13.0 Å². The predicted molar refractivity (Wildman–Crippen MR) is 83.2 cm³/mol. The summed E-state index contributed by atoms with van der Waals surface area (Å²) in [5.74, 6) is 0.585. The molecule has 1 saturated heterocycles. The van der Waals surface area contributed by atoms with Gasteiger partial charge in [-0.15, -0.1) is 0 Å². The highest BCUT2D eigenvalue weighted by Gasteiger charge is 2.33. The van der Waals surface area contributed by atoms with Crippen LogP contribution in [0.2, 0.25) is 0 Å². The molecule has 6 heteroatoms. The third-order valence-corrected chi connectivity index (χ3v) is 4.60. The monoisotopic (exact) mass is 305 g/mol. The summed E-state index contributed by atoms with van der Waals surface area (Å²) in [6.07, 6.45) is 4.57. The van der Waals surface area contributed by atoms with Crippen molar-refractivity contribution in [1.82, 2.24) is 14.8 Å². The van der Waals surface area contributed by atoms with Gasteiger partial charge in [0.25, 0.3) is 5.56 Å². The first-order valence-corrected chi connectivity index (χ1v) is 7.92. The van der Waals surface area contributed by atoms with Crippen molar-refractivity contribution in [3.8, 4) is 5.75 Å². The van der Waals surface area contributed by atoms with E-state index < -0.39 is 0 Å². The van der Waals surface area contributed by atoms with Crippen molar-refractivity contribution in [2.75, 3.05) is 13.1 Å². The Bertz CT molecular complexity index is 614. The molecule has 0 aromatic carbocycles. The Morgan fingerprint density at radius 1 is 1.27 bits per heavy atom. The summed E-state index contributed by atoms with van der Waals surface area (Å²) in [5, 5.41) is 3.07. The van der Waals surface area contributed by atoms with Gasteiger partial charge in [0.05, 0.1) is 13.1 Å². The molecule has 0 radical (unpaired) electrons. The molecular weight excluding hydrogens is 282 g/mol. The van der Waals surface area contributed by atoms with Crippen molar-refractivity contribution < 1.29 is 9.53 Å². The number of hydrogen-bond donors (Lipinski definition) is 1. The van der Waals surface area contributed by atoms with Gasteiger partial charge in [-0.1, -0.05) is 12.8 Å². The molecular formula is C16H23N3O3. The molecule has 2 amide bonds. The van der Waals surface area contributed by atoms with Crippen LogP contribution in [0.3, 0.4) is 0 Å². The smallest absolute Gasteiger partial charge is 0.317 e. The highest BCUT2D eigenvalue weighted by Crippen LogP contribution is 2.20. The van der Waals surface area contributed by atoms with Gasteiger partial charge in [0.1, 0.15) is 11.9 Å². The molecule has 1 aliphatic heterocycles. The molecule has 1 aliphatic carbocycles. The van der Waals surface area contributed by atoms with Crippen LogP contribution in [-0.4, -0.2) is 40.7 Å². The lowest BCUT2D eigenvalue weighted by Gasteiger charge is -2.39. The van der Waals surface area contributed by atoms with Gasteiger partial charge in [-0.05, 0) is 25.8 Å². The fourth-order valence-corrected chi connectivity index (χ4v) is 3.01. The van der Waals surface area contributed by atoms with E-state index in [0.717, 1.165) is 18.5 Å². The summed E-state index contributed by atoms with van der Waals surface area (Å²) in [5.41, 5.74) is 0.780. The van der Waals surface area contributed by atoms with Crippen molar-refractivity contribution >= 4 is 6.03 Å². The first-order chi connectivity index (χ1) is 10.5. The van der Waals surface area contributed by atoms with E-state index in [0.29, 0.717) is 24.9 Å². The number of nitrogens with zero attached hydrogens (tertiary/aromatic N) is 2. The Kier molecular flexibility index (Phi) is 4.09. The van der Waals surface area contributed by atoms with Crippen LogP contribution in [0.4, 0.5) is 4.79 Å². The van der Waals surface area contributed by atoms with E-state index in [1.54, 1.807) is 16.5 Å². The number of carbonyl (C=O) groups is 1. The summed E-state index contributed by atoms with van der Waals surface area (Å²) < 4.78 is 7.36. The maximum absolute atomic E-state index is 12.0. The molecule has 2 heterocycles. The van der Waals surface area contributed by atoms with Gasteiger partial charge in [0.2, 0.25) is 0 Å². The van der Waals surface area contributed by atoms with Crippen LogP contribution in [0.1, 0.15) is 31.4 Å². The number of aryl methyl sites for hydroxylation is 1. The maximum Gasteiger partial charge on any atom is 0.317 e. The van der Waals surface area contributed by atoms with Gasteiger partial charge in [0, 0.05) is 24.8 Å². The summed E-state index contributed by atoms with van der Waals surface area (Å²) in [6.45, 7) is 3.02. The van der Waals surface area contributed by atoms with Crippen LogP contribution < -0.4 is 15.6 Å². The van der Waals surface area contributed by atoms with Gasteiger partial charge in [-0.3, -0.25) is 4.79 Å². The highest BCUT2D eigenvalue weighted by atomic mass is 16.5. The van der Waals surface area contributed by atoms with E-state index >= 15 is 0 Å². The minimum atomic E-state index is -0.0786. The molecule has 1 aromatic heterocycles. The van der Waals surface area contributed by atoms with Crippen molar-refractivity contribution in [1.29, 1.82) is 0 Å². The molecule has 1 N–H and O–H groups in total. The Labute approximate surface area is 130 Å². The third-order valence-electron chi connectivity index (χ3n) is 4.60. The Hall–Kier alpha value is -1.98.